The van der Waals surface area contributed by atoms with Gasteiger partial charge in [-0.25, -0.2) is 4.98 Å². The van der Waals surface area contributed by atoms with E-state index in [1.807, 2.05) is 24.6 Å². The minimum absolute atomic E-state index is 0.0865. The van der Waals surface area contributed by atoms with Crippen molar-refractivity contribution in [3.63, 3.8) is 0 Å². The summed E-state index contributed by atoms with van der Waals surface area (Å²) < 4.78 is 1.93. The van der Waals surface area contributed by atoms with E-state index >= 15 is 0 Å². The molecule has 0 aliphatic rings. The van der Waals surface area contributed by atoms with E-state index in [0.717, 1.165) is 25.8 Å². The number of Topliss-reactive ketones (excluding diaryl/α,β-unsaturated/α-hetero) is 1. The Kier molecular flexibility index (Phi) is 4.87. The fourth-order valence-corrected chi connectivity index (χ4v) is 2.13. The predicted octanol–water partition coefficient (Wildman–Crippen LogP) is 2.24. The smallest absolute Gasteiger partial charge is 0.205 e. The van der Waals surface area contributed by atoms with Gasteiger partial charge < -0.3 is 10.3 Å². The van der Waals surface area contributed by atoms with Gasteiger partial charge in [-0.15, -0.1) is 0 Å². The first-order valence-electron chi connectivity index (χ1n) is 6.41. The second-order valence-electron chi connectivity index (χ2n) is 4.46. The zero-order valence-corrected chi connectivity index (χ0v) is 11.1. The highest BCUT2D eigenvalue weighted by atomic mass is 16.1. The molecule has 2 N–H and O–H groups in total. The fourth-order valence-electron chi connectivity index (χ4n) is 2.13. The Morgan fingerprint density at radius 2 is 2.06 bits per heavy atom. The van der Waals surface area contributed by atoms with Crippen molar-refractivity contribution in [1.82, 2.24) is 9.55 Å². The molecule has 1 rings (SSSR count). The average molecular weight is 237 g/mol. The number of rotatable bonds is 7. The fraction of sp³-hybridized carbons (Fsp3) is 0.692. The van der Waals surface area contributed by atoms with Crippen molar-refractivity contribution >= 4 is 5.78 Å². The van der Waals surface area contributed by atoms with E-state index in [0.29, 0.717) is 12.4 Å². The first-order valence-corrected chi connectivity index (χ1v) is 6.41. The molecule has 0 fully saturated rings. The maximum Gasteiger partial charge on any atom is 0.205 e. The highest BCUT2D eigenvalue weighted by Gasteiger charge is 2.36. The van der Waals surface area contributed by atoms with Crippen molar-refractivity contribution in [2.75, 3.05) is 6.54 Å². The number of carbonyl (C=O) groups is 1. The Labute approximate surface area is 103 Å². The van der Waals surface area contributed by atoms with Gasteiger partial charge in [0.2, 0.25) is 5.78 Å². The Morgan fingerprint density at radius 3 is 2.53 bits per heavy atom. The van der Waals surface area contributed by atoms with Gasteiger partial charge in [-0.1, -0.05) is 20.8 Å². The van der Waals surface area contributed by atoms with Crippen molar-refractivity contribution in [2.45, 2.75) is 46.6 Å². The Morgan fingerprint density at radius 1 is 1.41 bits per heavy atom. The molecule has 1 aromatic rings. The van der Waals surface area contributed by atoms with E-state index < -0.39 is 5.41 Å². The molecule has 0 saturated carbocycles. The van der Waals surface area contributed by atoms with E-state index in [1.54, 1.807) is 6.20 Å². The number of aromatic nitrogens is 2. The molecule has 1 heterocycles. The summed E-state index contributed by atoms with van der Waals surface area (Å²) in [5.41, 5.74) is 5.35. The highest BCUT2D eigenvalue weighted by Crippen LogP contribution is 2.29. The Hall–Kier alpha value is -1.16. The van der Waals surface area contributed by atoms with E-state index in [4.69, 9.17) is 5.73 Å². The second-order valence-corrected chi connectivity index (χ2v) is 4.46. The van der Waals surface area contributed by atoms with Gasteiger partial charge >= 0.3 is 0 Å². The average Bonchev–Trinajstić information content (AvgIpc) is 2.80. The summed E-state index contributed by atoms with van der Waals surface area (Å²) in [6.07, 6.45) is 6.07. The summed E-state index contributed by atoms with van der Waals surface area (Å²) >= 11 is 0. The van der Waals surface area contributed by atoms with Crippen molar-refractivity contribution in [2.24, 2.45) is 11.1 Å². The lowest BCUT2D eigenvalue weighted by molar-refractivity contribution is 0.0770. The third-order valence-corrected chi connectivity index (χ3v) is 3.61. The normalized spacial score (nSPS) is 11.8. The molecule has 1 aromatic heterocycles. The number of ketones is 1. The molecular formula is C13H23N3O. The van der Waals surface area contributed by atoms with Crippen LogP contribution >= 0.6 is 0 Å². The van der Waals surface area contributed by atoms with Crippen LogP contribution in [0, 0.1) is 5.41 Å². The molecule has 0 spiro atoms. The first kappa shape index (κ1) is 13.9. The maximum absolute atomic E-state index is 12.6. The number of nitrogens with two attached hydrogens (primary N) is 1. The molecule has 4 heteroatoms. The molecule has 0 atom stereocenters. The molecule has 17 heavy (non-hydrogen) atoms. The number of carbonyl (C=O) groups excluding carboxylic acids is 1. The third-order valence-electron chi connectivity index (χ3n) is 3.61. The molecule has 0 aliphatic heterocycles. The van der Waals surface area contributed by atoms with Gasteiger partial charge in [-0.2, -0.15) is 0 Å². The van der Waals surface area contributed by atoms with E-state index in [9.17, 15) is 4.79 Å². The van der Waals surface area contributed by atoms with Crippen LogP contribution in [0.5, 0.6) is 0 Å². The van der Waals surface area contributed by atoms with E-state index in [1.165, 1.54) is 0 Å². The van der Waals surface area contributed by atoms with Gasteiger partial charge in [0.05, 0.1) is 0 Å². The minimum Gasteiger partial charge on any atom is -0.329 e. The molecule has 96 valence electrons. The largest absolute Gasteiger partial charge is 0.329 e. The standard InChI is InChI=1S/C13H23N3O/c1-4-8-16-9-7-15-12(16)11(17)13(5-2,6-3)10-14/h7,9H,4-6,8,10,14H2,1-3H3. The van der Waals surface area contributed by atoms with Crippen LogP contribution in [-0.2, 0) is 6.54 Å². The topological polar surface area (TPSA) is 60.9 Å². The van der Waals surface area contributed by atoms with Crippen LogP contribution in [-0.4, -0.2) is 21.9 Å². The number of nitrogens with zero attached hydrogens (tertiary/aromatic N) is 2. The molecule has 0 aromatic carbocycles. The van der Waals surface area contributed by atoms with Crippen molar-refractivity contribution in [3.05, 3.63) is 18.2 Å². The van der Waals surface area contributed by atoms with E-state index in [-0.39, 0.29) is 5.78 Å². The molecule has 0 saturated heterocycles. The number of hydrogen-bond acceptors (Lipinski definition) is 3. The van der Waals surface area contributed by atoms with Gasteiger partial charge in [-0.05, 0) is 19.3 Å². The van der Waals surface area contributed by atoms with Crippen molar-refractivity contribution in [1.29, 1.82) is 0 Å². The molecule has 0 bridgehead atoms. The lowest BCUT2D eigenvalue weighted by Gasteiger charge is -2.28. The van der Waals surface area contributed by atoms with Crippen LogP contribution in [0.25, 0.3) is 0 Å². The third kappa shape index (κ3) is 2.57. The summed E-state index contributed by atoms with van der Waals surface area (Å²) in [5, 5.41) is 0. The summed E-state index contributed by atoms with van der Waals surface area (Å²) in [4.78, 5) is 16.8. The predicted molar refractivity (Wildman–Crippen MR) is 68.9 cm³/mol. The zero-order chi connectivity index (χ0) is 12.9. The van der Waals surface area contributed by atoms with Gasteiger partial charge in [0, 0.05) is 30.9 Å². The maximum atomic E-state index is 12.6. The Bertz CT molecular complexity index is 358. The van der Waals surface area contributed by atoms with Crippen LogP contribution in [0.15, 0.2) is 12.4 Å². The van der Waals surface area contributed by atoms with Crippen molar-refractivity contribution in [3.8, 4) is 0 Å². The lowest BCUT2D eigenvalue weighted by Crippen LogP contribution is -2.39. The summed E-state index contributed by atoms with van der Waals surface area (Å²) in [6, 6.07) is 0. The SMILES string of the molecule is CCCn1ccnc1C(=O)C(CC)(CC)CN. The summed E-state index contributed by atoms with van der Waals surface area (Å²) in [5.74, 6) is 0.643. The Balaban J connectivity index is 3.05. The molecule has 0 amide bonds. The van der Waals surface area contributed by atoms with Crippen LogP contribution in [0.2, 0.25) is 0 Å². The monoisotopic (exact) mass is 237 g/mol. The lowest BCUT2D eigenvalue weighted by atomic mass is 9.78. The summed E-state index contributed by atoms with van der Waals surface area (Å²) in [6.45, 7) is 7.33. The molecule has 0 radical (unpaired) electrons. The quantitative estimate of drug-likeness (QED) is 0.740. The highest BCUT2D eigenvalue weighted by molar-refractivity contribution is 5.97. The molecule has 0 unspecified atom stereocenters. The van der Waals surface area contributed by atoms with Crippen LogP contribution < -0.4 is 5.73 Å². The van der Waals surface area contributed by atoms with Gasteiger partial charge in [0.15, 0.2) is 5.82 Å². The number of aryl methyl sites for hydroxylation is 1. The van der Waals surface area contributed by atoms with Gasteiger partial charge in [0.1, 0.15) is 0 Å². The van der Waals surface area contributed by atoms with Crippen LogP contribution in [0.4, 0.5) is 0 Å². The van der Waals surface area contributed by atoms with Crippen LogP contribution in [0.3, 0.4) is 0 Å². The molecule has 0 aliphatic carbocycles. The zero-order valence-electron chi connectivity index (χ0n) is 11.1. The summed E-state index contributed by atoms with van der Waals surface area (Å²) in [7, 11) is 0. The number of imidazole rings is 1. The minimum atomic E-state index is -0.448. The number of hydrogen-bond donors (Lipinski definition) is 1. The van der Waals surface area contributed by atoms with E-state index in [2.05, 4.69) is 11.9 Å². The molecular weight excluding hydrogens is 214 g/mol. The van der Waals surface area contributed by atoms with Gasteiger partial charge in [-0.3, -0.25) is 4.79 Å². The van der Waals surface area contributed by atoms with Crippen molar-refractivity contribution < 1.29 is 4.79 Å². The first-order chi connectivity index (χ1) is 8.15. The molecule has 4 nitrogen and oxygen atoms in total. The second kappa shape index (κ2) is 5.96. The van der Waals surface area contributed by atoms with Gasteiger partial charge in [0.25, 0.3) is 0 Å². The van der Waals surface area contributed by atoms with Crippen LogP contribution in [0.1, 0.15) is 50.7 Å².